The fraction of sp³-hybridized carbons (Fsp3) is 0.250. The van der Waals surface area contributed by atoms with Gasteiger partial charge in [0.2, 0.25) is 0 Å². The minimum absolute atomic E-state index is 0.0158. The third-order valence-corrected chi connectivity index (χ3v) is 7.58. The Bertz CT molecular complexity index is 1040. The van der Waals surface area contributed by atoms with Crippen LogP contribution in [0.3, 0.4) is 0 Å². The molecule has 1 aromatic carbocycles. The number of allylic oxidation sites excluding steroid dienone is 6. The Morgan fingerprint density at radius 3 is 2.63 bits per heavy atom. The molecule has 0 aromatic heterocycles. The van der Waals surface area contributed by atoms with Crippen LogP contribution in [-0.4, -0.2) is 13.9 Å². The number of aryl methyl sites for hydroxylation is 1. The average Bonchev–Trinajstić information content (AvgIpc) is 2.97. The molecule has 3 rings (SSSR count). The lowest BCUT2D eigenvalue weighted by Crippen LogP contribution is -2.19. The summed E-state index contributed by atoms with van der Waals surface area (Å²) in [6.45, 7) is 3.88. The van der Waals surface area contributed by atoms with Gasteiger partial charge >= 0.3 is 0 Å². The van der Waals surface area contributed by atoms with E-state index in [4.69, 9.17) is 14.2 Å². The summed E-state index contributed by atoms with van der Waals surface area (Å²) in [6.07, 6.45) is 9.46. The molecule has 3 unspecified atom stereocenters. The third-order valence-electron chi connectivity index (χ3n) is 4.58. The lowest BCUT2D eigenvalue weighted by molar-refractivity contribution is 0.331. The van der Waals surface area contributed by atoms with Gasteiger partial charge in [-0.05, 0) is 53.0 Å². The van der Waals surface area contributed by atoms with Gasteiger partial charge in [-0.3, -0.25) is 4.78 Å². The molecule has 1 aliphatic carbocycles. The maximum atomic E-state index is 12.5. The molecule has 1 N–H and O–H groups in total. The lowest BCUT2D eigenvalue weighted by Gasteiger charge is -2.21. The predicted octanol–water partition coefficient (Wildman–Crippen LogP) is 4.28. The number of hydrogen-bond donors (Lipinski definition) is 1. The summed E-state index contributed by atoms with van der Waals surface area (Å²) >= 11 is 0. The fourth-order valence-corrected chi connectivity index (χ4v) is 5.71. The van der Waals surface area contributed by atoms with E-state index >= 15 is 0 Å². The Balaban J connectivity index is 1.83. The van der Waals surface area contributed by atoms with Crippen molar-refractivity contribution in [2.24, 2.45) is 5.92 Å². The van der Waals surface area contributed by atoms with E-state index in [1.165, 1.54) is 12.1 Å². The first-order valence-electron chi connectivity index (χ1n) is 8.44. The Labute approximate surface area is 162 Å². The summed E-state index contributed by atoms with van der Waals surface area (Å²) < 4.78 is 38.9. The quantitative estimate of drug-likeness (QED) is 0.764. The first-order chi connectivity index (χ1) is 12.8. The summed E-state index contributed by atoms with van der Waals surface area (Å²) in [7, 11) is -5.09. The van der Waals surface area contributed by atoms with Crippen LogP contribution in [-0.2, 0) is 25.0 Å². The molecule has 0 saturated heterocycles. The topological polar surface area (TPSA) is 91.0 Å². The highest BCUT2D eigenvalue weighted by Crippen LogP contribution is 2.35. The summed E-state index contributed by atoms with van der Waals surface area (Å²) in [5.74, 6) is 0.0158. The van der Waals surface area contributed by atoms with Gasteiger partial charge in [-0.2, -0.15) is 13.7 Å². The van der Waals surface area contributed by atoms with Gasteiger partial charge < -0.3 is 0 Å². The van der Waals surface area contributed by atoms with Gasteiger partial charge in [0, 0.05) is 10.8 Å². The van der Waals surface area contributed by atoms with Crippen LogP contribution < -0.4 is 0 Å². The van der Waals surface area contributed by atoms with Crippen molar-refractivity contribution in [3.63, 3.8) is 0 Å². The summed E-state index contributed by atoms with van der Waals surface area (Å²) in [4.78, 5) is 0.844. The van der Waals surface area contributed by atoms with Crippen molar-refractivity contribution in [1.82, 2.24) is 0 Å². The van der Waals surface area contributed by atoms with Gasteiger partial charge in [-0.15, -0.1) is 0 Å². The van der Waals surface area contributed by atoms with E-state index < -0.39 is 26.2 Å². The molecule has 1 heterocycles. The molecule has 140 valence electrons. The van der Waals surface area contributed by atoms with Crippen molar-refractivity contribution in [2.75, 3.05) is 0 Å². The van der Waals surface area contributed by atoms with Crippen LogP contribution in [0.1, 0.15) is 18.9 Å². The highest BCUT2D eigenvalue weighted by atomic mass is 32.2. The Morgan fingerprint density at radius 1 is 1.26 bits per heavy atom. The predicted molar refractivity (Wildman–Crippen MR) is 106 cm³/mol. The Hall–Kier alpha value is -2.27. The van der Waals surface area contributed by atoms with Crippen LogP contribution in [0, 0.1) is 29.0 Å². The van der Waals surface area contributed by atoms with E-state index in [1.807, 2.05) is 32.1 Å². The number of benzene rings is 1. The highest BCUT2D eigenvalue weighted by molar-refractivity contribution is 7.92. The van der Waals surface area contributed by atoms with Crippen molar-refractivity contribution in [1.29, 1.82) is 10.0 Å². The van der Waals surface area contributed by atoms with E-state index in [0.29, 0.717) is 6.42 Å². The van der Waals surface area contributed by atoms with E-state index in [2.05, 4.69) is 6.07 Å². The summed E-state index contributed by atoms with van der Waals surface area (Å²) in [5.41, 5.74) is 2.05. The molecule has 0 saturated carbocycles. The normalized spacial score (nSPS) is 27.4. The van der Waals surface area contributed by atoms with Gasteiger partial charge in [0.25, 0.3) is 10.1 Å². The molecule has 0 bridgehead atoms. The molecular formula is C20H20N2O3S2. The second kappa shape index (κ2) is 7.77. The van der Waals surface area contributed by atoms with Gasteiger partial charge in [0.05, 0.1) is 17.4 Å². The van der Waals surface area contributed by atoms with Gasteiger partial charge in [0.1, 0.15) is 0 Å². The lowest BCUT2D eigenvalue weighted by atomic mass is 9.86. The molecule has 7 heteroatoms. The molecule has 0 fully saturated rings. The van der Waals surface area contributed by atoms with Crippen LogP contribution in [0.25, 0.3) is 0 Å². The maximum absolute atomic E-state index is 12.5. The molecule has 0 spiro atoms. The van der Waals surface area contributed by atoms with Crippen LogP contribution >= 0.6 is 0 Å². The van der Waals surface area contributed by atoms with E-state index in [0.717, 1.165) is 21.6 Å². The zero-order chi connectivity index (χ0) is 19.6. The maximum Gasteiger partial charge on any atom is 0.298 e. The number of nitrogens with zero attached hydrogens (tertiary/aromatic N) is 1. The first kappa shape index (κ1) is 19.5. The molecule has 0 amide bonds. The minimum atomic E-state index is -3.94. The average molecular weight is 401 g/mol. The number of nitriles is 1. The molecular weight excluding hydrogens is 380 g/mol. The third kappa shape index (κ3) is 4.03. The van der Waals surface area contributed by atoms with Crippen LogP contribution in [0.4, 0.5) is 0 Å². The molecule has 1 aromatic rings. The Morgan fingerprint density at radius 2 is 1.96 bits per heavy atom. The number of rotatable bonds is 4. The largest absolute Gasteiger partial charge is 0.298 e. The molecule has 1 aliphatic heterocycles. The van der Waals surface area contributed by atoms with Crippen molar-refractivity contribution in [3.05, 3.63) is 76.3 Å². The summed E-state index contributed by atoms with van der Waals surface area (Å²) in [5, 5.41) is 8.97. The molecule has 3 atom stereocenters. The standard InChI is InChI=1S/C20H20N2O3S2/c1-14-6-8-17(9-7-14)27(23,24)25-20-11-10-19(26(20)22)18-5-3-4-16(12-13-21)15(18)2/h3-11,15,20,22H,12H2,1-2H3. The second-order valence-corrected chi connectivity index (χ2v) is 9.56. The minimum Gasteiger partial charge on any atom is -0.273 e. The van der Waals surface area contributed by atoms with Crippen molar-refractivity contribution in [3.8, 4) is 6.07 Å². The zero-order valence-corrected chi connectivity index (χ0v) is 16.7. The highest BCUT2D eigenvalue weighted by Gasteiger charge is 2.30. The SMILES string of the molecule is Cc1ccc(S(=O)(=O)OC2C=CC(=C3C=CC=C(CC#N)C3C)S2=N)cc1. The molecule has 2 aliphatic rings. The zero-order valence-electron chi connectivity index (χ0n) is 15.0. The second-order valence-electron chi connectivity index (χ2n) is 6.41. The van der Waals surface area contributed by atoms with E-state index in [-0.39, 0.29) is 10.8 Å². The van der Waals surface area contributed by atoms with Crippen LogP contribution in [0.15, 0.2) is 75.6 Å². The number of hydrogen-bond acceptors (Lipinski definition) is 5. The Kier molecular flexibility index (Phi) is 5.61. The van der Waals surface area contributed by atoms with Crippen molar-refractivity contribution in [2.45, 2.75) is 30.6 Å². The van der Waals surface area contributed by atoms with Crippen molar-refractivity contribution < 1.29 is 12.6 Å². The number of nitrogens with one attached hydrogen (secondary N) is 1. The van der Waals surface area contributed by atoms with Crippen LogP contribution in [0.5, 0.6) is 0 Å². The van der Waals surface area contributed by atoms with Gasteiger partial charge in [0.15, 0.2) is 5.44 Å². The first-order valence-corrected chi connectivity index (χ1v) is 11.1. The van der Waals surface area contributed by atoms with Gasteiger partial charge in [-0.25, -0.2) is 4.18 Å². The monoisotopic (exact) mass is 400 g/mol. The molecule has 27 heavy (non-hydrogen) atoms. The van der Waals surface area contributed by atoms with Gasteiger partial charge in [-0.1, -0.05) is 42.8 Å². The molecule has 5 nitrogen and oxygen atoms in total. The smallest absolute Gasteiger partial charge is 0.273 e. The summed E-state index contributed by atoms with van der Waals surface area (Å²) in [6, 6.07) is 8.61. The van der Waals surface area contributed by atoms with E-state index in [9.17, 15) is 8.42 Å². The molecule has 0 radical (unpaired) electrons. The fourth-order valence-electron chi connectivity index (χ4n) is 2.99. The van der Waals surface area contributed by atoms with Crippen LogP contribution in [0.2, 0.25) is 0 Å². The van der Waals surface area contributed by atoms with Crippen molar-refractivity contribution >= 4 is 20.8 Å². The van der Waals surface area contributed by atoms with E-state index in [1.54, 1.807) is 24.3 Å².